The number of aliphatic imine (C=N–C) groups is 1. The van der Waals surface area contributed by atoms with Gasteiger partial charge in [0.1, 0.15) is 0 Å². The molecule has 1 aromatic rings. The molecule has 142 valence electrons. The molecule has 25 heavy (non-hydrogen) atoms. The summed E-state index contributed by atoms with van der Waals surface area (Å²) in [7, 11) is 3.09. The average Bonchev–Trinajstić information content (AvgIpc) is 2.55. The van der Waals surface area contributed by atoms with Crippen LogP contribution in [0.5, 0.6) is 0 Å². The van der Waals surface area contributed by atoms with Crippen LogP contribution >= 0.6 is 24.0 Å². The largest absolute Gasteiger partial charge is 0.377 e. The zero-order chi connectivity index (χ0) is 18.3. The van der Waals surface area contributed by atoms with Crippen molar-refractivity contribution in [2.75, 3.05) is 32.6 Å². The fraction of sp³-hybridized carbons (Fsp3) is 0.467. The normalized spacial score (nSPS) is 11.6. The number of carbonyl (C=O) groups excluding carboxylic acids is 1. The fourth-order valence-electron chi connectivity index (χ4n) is 1.57. The summed E-state index contributed by atoms with van der Waals surface area (Å²) in [5.74, 6) is -4.73. The fourth-order valence-corrected chi connectivity index (χ4v) is 1.57. The second-order valence-corrected chi connectivity index (χ2v) is 5.51. The van der Waals surface area contributed by atoms with E-state index >= 15 is 0 Å². The molecule has 6 nitrogen and oxygen atoms in total. The van der Waals surface area contributed by atoms with E-state index in [2.05, 4.69) is 20.9 Å². The maximum atomic E-state index is 13.5. The van der Waals surface area contributed by atoms with Crippen molar-refractivity contribution in [2.24, 2.45) is 4.99 Å². The molecule has 0 fully saturated rings. The van der Waals surface area contributed by atoms with Crippen LogP contribution in [0.1, 0.15) is 13.8 Å². The lowest BCUT2D eigenvalue weighted by atomic mass is 10.1. The number of guanidine groups is 1. The third-order valence-corrected chi connectivity index (χ3v) is 3.18. The zero-order valence-electron chi connectivity index (χ0n) is 14.4. The van der Waals surface area contributed by atoms with Gasteiger partial charge in [0.05, 0.1) is 17.8 Å². The van der Waals surface area contributed by atoms with E-state index in [9.17, 15) is 18.0 Å². The molecule has 0 saturated carbocycles. The molecule has 0 unspecified atom stereocenters. The number of nitrogens with one attached hydrogen (secondary N) is 3. The van der Waals surface area contributed by atoms with Gasteiger partial charge in [0.15, 0.2) is 23.4 Å². The van der Waals surface area contributed by atoms with Crippen LogP contribution in [0.2, 0.25) is 0 Å². The molecule has 0 aliphatic rings. The van der Waals surface area contributed by atoms with Crippen molar-refractivity contribution in [3.05, 3.63) is 29.6 Å². The van der Waals surface area contributed by atoms with Gasteiger partial charge in [0, 0.05) is 20.7 Å². The SMILES string of the molecule is CN=C(NCC(=O)Nc1ccc(F)c(F)c1F)NCC(C)(C)OC.I. The Balaban J connectivity index is 0.00000576. The minimum absolute atomic E-state index is 0. The highest BCUT2D eigenvalue weighted by atomic mass is 127. The first kappa shape index (κ1) is 23.4. The van der Waals surface area contributed by atoms with E-state index in [-0.39, 0.29) is 30.5 Å². The molecule has 0 bridgehead atoms. The van der Waals surface area contributed by atoms with Crippen molar-refractivity contribution in [2.45, 2.75) is 19.4 Å². The first-order chi connectivity index (χ1) is 11.2. The third kappa shape index (κ3) is 7.46. The minimum atomic E-state index is -1.64. The molecule has 1 rings (SSSR count). The van der Waals surface area contributed by atoms with Gasteiger partial charge in [-0.25, -0.2) is 13.2 Å². The molecule has 0 aromatic heterocycles. The first-order valence-corrected chi connectivity index (χ1v) is 7.13. The van der Waals surface area contributed by atoms with Gasteiger partial charge in [0.2, 0.25) is 5.91 Å². The van der Waals surface area contributed by atoms with E-state index in [0.29, 0.717) is 12.5 Å². The molecular formula is C15H22F3IN4O2. The Morgan fingerprint density at radius 1 is 1.20 bits per heavy atom. The quantitative estimate of drug-likeness (QED) is 0.256. The number of benzene rings is 1. The molecule has 0 saturated heterocycles. The van der Waals surface area contributed by atoms with Gasteiger partial charge in [-0.3, -0.25) is 9.79 Å². The molecule has 0 aliphatic carbocycles. The number of ether oxygens (including phenoxy) is 1. The molecule has 0 atom stereocenters. The van der Waals surface area contributed by atoms with Gasteiger partial charge >= 0.3 is 0 Å². The Morgan fingerprint density at radius 3 is 2.40 bits per heavy atom. The van der Waals surface area contributed by atoms with Gasteiger partial charge < -0.3 is 20.7 Å². The number of hydrogen-bond donors (Lipinski definition) is 3. The number of nitrogens with zero attached hydrogens (tertiary/aromatic N) is 1. The summed E-state index contributed by atoms with van der Waals surface area (Å²) in [5.41, 5.74) is -0.876. The van der Waals surface area contributed by atoms with Gasteiger partial charge in [0.25, 0.3) is 0 Å². The number of amides is 1. The van der Waals surface area contributed by atoms with E-state index in [1.54, 1.807) is 7.11 Å². The van der Waals surface area contributed by atoms with Crippen molar-refractivity contribution < 1.29 is 22.7 Å². The van der Waals surface area contributed by atoms with Crippen molar-refractivity contribution in [3.63, 3.8) is 0 Å². The van der Waals surface area contributed by atoms with Crippen LogP contribution in [0.3, 0.4) is 0 Å². The van der Waals surface area contributed by atoms with Gasteiger partial charge in [-0.2, -0.15) is 0 Å². The summed E-state index contributed by atoms with van der Waals surface area (Å²) in [6, 6.07) is 1.68. The second kappa shape index (κ2) is 10.4. The van der Waals surface area contributed by atoms with Crippen molar-refractivity contribution in [1.82, 2.24) is 10.6 Å². The van der Waals surface area contributed by atoms with Crippen molar-refractivity contribution >= 4 is 41.5 Å². The minimum Gasteiger partial charge on any atom is -0.377 e. The summed E-state index contributed by atoms with van der Waals surface area (Å²) in [5, 5.41) is 7.82. The highest BCUT2D eigenvalue weighted by Gasteiger charge is 2.17. The monoisotopic (exact) mass is 474 g/mol. The van der Waals surface area contributed by atoms with Gasteiger partial charge in [-0.1, -0.05) is 0 Å². The highest BCUT2D eigenvalue weighted by Crippen LogP contribution is 2.19. The van der Waals surface area contributed by atoms with Crippen LogP contribution in [0, 0.1) is 17.5 Å². The summed E-state index contributed by atoms with van der Waals surface area (Å²) >= 11 is 0. The van der Waals surface area contributed by atoms with Gasteiger partial charge in [-0.15, -0.1) is 24.0 Å². The van der Waals surface area contributed by atoms with Crippen LogP contribution in [0.4, 0.5) is 18.9 Å². The lowest BCUT2D eigenvalue weighted by Crippen LogP contribution is -2.47. The predicted octanol–water partition coefficient (Wildman–Crippen LogP) is 2.25. The lowest BCUT2D eigenvalue weighted by molar-refractivity contribution is -0.115. The number of carbonyl (C=O) groups is 1. The number of methoxy groups -OCH3 is 1. The molecular weight excluding hydrogens is 452 g/mol. The molecule has 0 spiro atoms. The summed E-state index contributed by atoms with van der Waals surface area (Å²) in [4.78, 5) is 15.7. The van der Waals surface area contributed by atoms with Crippen LogP contribution in [0.25, 0.3) is 0 Å². The Morgan fingerprint density at radius 2 is 1.84 bits per heavy atom. The second-order valence-electron chi connectivity index (χ2n) is 5.51. The van der Waals surface area contributed by atoms with Crippen molar-refractivity contribution in [1.29, 1.82) is 0 Å². The molecule has 0 aliphatic heterocycles. The summed E-state index contributed by atoms with van der Waals surface area (Å²) < 4.78 is 44.6. The number of hydrogen-bond acceptors (Lipinski definition) is 3. The van der Waals surface area contributed by atoms with Gasteiger partial charge in [-0.05, 0) is 26.0 Å². The zero-order valence-corrected chi connectivity index (χ0v) is 16.7. The molecule has 1 amide bonds. The Hall–Kier alpha value is -1.56. The summed E-state index contributed by atoms with van der Waals surface area (Å²) in [6.07, 6.45) is 0. The van der Waals surface area contributed by atoms with Crippen LogP contribution < -0.4 is 16.0 Å². The molecule has 1 aromatic carbocycles. The maximum Gasteiger partial charge on any atom is 0.243 e. The first-order valence-electron chi connectivity index (χ1n) is 7.13. The van der Waals surface area contributed by atoms with Crippen molar-refractivity contribution in [3.8, 4) is 0 Å². The van der Waals surface area contributed by atoms with Crippen LogP contribution in [0.15, 0.2) is 17.1 Å². The molecule has 0 heterocycles. The number of rotatable bonds is 6. The van der Waals surface area contributed by atoms with E-state index in [1.807, 2.05) is 13.8 Å². The van der Waals surface area contributed by atoms with E-state index in [1.165, 1.54) is 7.05 Å². The smallest absolute Gasteiger partial charge is 0.243 e. The Kier molecular flexibility index (Phi) is 9.78. The maximum absolute atomic E-state index is 13.5. The molecule has 10 heteroatoms. The van der Waals surface area contributed by atoms with E-state index < -0.39 is 34.6 Å². The molecule has 0 radical (unpaired) electrons. The van der Waals surface area contributed by atoms with E-state index in [4.69, 9.17) is 4.74 Å². The average molecular weight is 474 g/mol. The Labute approximate surface area is 161 Å². The lowest BCUT2D eigenvalue weighted by Gasteiger charge is -2.24. The molecule has 3 N–H and O–H groups in total. The summed E-state index contributed by atoms with van der Waals surface area (Å²) in [6.45, 7) is 3.92. The third-order valence-electron chi connectivity index (χ3n) is 3.18. The topological polar surface area (TPSA) is 74.8 Å². The van der Waals surface area contributed by atoms with Crippen LogP contribution in [-0.4, -0.2) is 44.7 Å². The number of anilines is 1. The Bertz CT molecular complexity index is 627. The number of halogens is 4. The van der Waals surface area contributed by atoms with Crippen LogP contribution in [-0.2, 0) is 9.53 Å². The standard InChI is InChI=1S/C15H21F3N4O2.HI/c1-15(2,24-4)8-21-14(19-3)20-7-11(23)22-10-6-5-9(16)12(17)13(10)18;/h5-6H,7-8H2,1-4H3,(H,22,23)(H2,19,20,21);1H. The predicted molar refractivity (Wildman–Crippen MR) is 101 cm³/mol. The highest BCUT2D eigenvalue weighted by molar-refractivity contribution is 14.0. The van der Waals surface area contributed by atoms with E-state index in [0.717, 1.165) is 12.1 Å².